The molecule has 1 saturated carbocycles. The van der Waals surface area contributed by atoms with Crippen LogP contribution < -0.4 is 0 Å². The fourth-order valence-corrected chi connectivity index (χ4v) is 2.81. The van der Waals surface area contributed by atoms with E-state index in [1.165, 1.54) is 19.3 Å². The van der Waals surface area contributed by atoms with Crippen LogP contribution >= 0.6 is 0 Å². The summed E-state index contributed by atoms with van der Waals surface area (Å²) in [5.74, 6) is 0.478. The topological polar surface area (TPSA) is 40.5 Å². The van der Waals surface area contributed by atoms with Gasteiger partial charge in [0.2, 0.25) is 5.91 Å². The van der Waals surface area contributed by atoms with Gasteiger partial charge in [-0.05, 0) is 30.9 Å². The third-order valence-electron chi connectivity index (χ3n) is 4.12. The largest absolute Gasteiger partial charge is 0.508 e. The van der Waals surface area contributed by atoms with E-state index in [1.54, 1.807) is 12.1 Å². The second-order valence-corrected chi connectivity index (χ2v) is 5.43. The minimum absolute atomic E-state index is 0.190. The third-order valence-corrected chi connectivity index (χ3v) is 4.12. The number of amides is 1. The van der Waals surface area contributed by atoms with Gasteiger partial charge < -0.3 is 10.0 Å². The smallest absolute Gasteiger partial charge is 0.222 e. The van der Waals surface area contributed by atoms with Crippen LogP contribution in [0.2, 0.25) is 0 Å². The maximum absolute atomic E-state index is 12.2. The van der Waals surface area contributed by atoms with Gasteiger partial charge in [-0.25, -0.2) is 0 Å². The Morgan fingerprint density at radius 3 is 2.63 bits per heavy atom. The second kappa shape index (κ2) is 6.60. The summed E-state index contributed by atoms with van der Waals surface area (Å²) in [6, 6.07) is 7.66. The molecule has 0 bridgehead atoms. The van der Waals surface area contributed by atoms with E-state index < -0.39 is 0 Å². The molecule has 0 unspecified atom stereocenters. The first kappa shape index (κ1) is 13.9. The summed E-state index contributed by atoms with van der Waals surface area (Å²) >= 11 is 0. The van der Waals surface area contributed by atoms with E-state index in [0.717, 1.165) is 18.4 Å². The predicted octanol–water partition coefficient (Wildman–Crippen LogP) is 3.12. The highest BCUT2D eigenvalue weighted by atomic mass is 16.3. The molecule has 0 saturated heterocycles. The number of carbonyl (C=O) groups is 1. The Labute approximate surface area is 115 Å². The van der Waals surface area contributed by atoms with Crippen LogP contribution in [0.4, 0.5) is 0 Å². The van der Waals surface area contributed by atoms with Gasteiger partial charge in [0.05, 0.1) is 0 Å². The predicted molar refractivity (Wildman–Crippen MR) is 76.1 cm³/mol. The molecule has 0 atom stereocenters. The standard InChI is InChI=1S/C16H23NO2/c1-17(14-8-3-2-4-9-14)16(19)12-11-13-7-5-6-10-15(13)18/h5-7,10,14,18H,2-4,8-9,11-12H2,1H3. The molecule has 1 aromatic carbocycles. The highest BCUT2D eigenvalue weighted by molar-refractivity contribution is 5.76. The number of rotatable bonds is 4. The molecular weight excluding hydrogens is 238 g/mol. The monoisotopic (exact) mass is 261 g/mol. The average molecular weight is 261 g/mol. The molecule has 0 heterocycles. The summed E-state index contributed by atoms with van der Waals surface area (Å²) in [6.07, 6.45) is 7.14. The number of nitrogens with zero attached hydrogens (tertiary/aromatic N) is 1. The van der Waals surface area contributed by atoms with Crippen molar-refractivity contribution in [2.24, 2.45) is 0 Å². The molecule has 1 aromatic rings. The summed E-state index contributed by atoms with van der Waals surface area (Å²) in [5.41, 5.74) is 0.855. The van der Waals surface area contributed by atoms with E-state index in [2.05, 4.69) is 0 Å². The summed E-state index contributed by atoms with van der Waals surface area (Å²) in [7, 11) is 1.92. The molecule has 3 nitrogen and oxygen atoms in total. The van der Waals surface area contributed by atoms with Gasteiger partial charge in [-0.15, -0.1) is 0 Å². The Bertz CT molecular complexity index is 425. The number of carbonyl (C=O) groups excluding carboxylic acids is 1. The van der Waals surface area contributed by atoms with E-state index in [4.69, 9.17) is 0 Å². The van der Waals surface area contributed by atoms with Crippen LogP contribution in [0.5, 0.6) is 5.75 Å². The SMILES string of the molecule is CN(C(=O)CCc1ccccc1O)C1CCCCC1. The average Bonchev–Trinajstić information content (AvgIpc) is 2.46. The lowest BCUT2D eigenvalue weighted by Gasteiger charge is -2.31. The van der Waals surface area contributed by atoms with Gasteiger partial charge in [0.15, 0.2) is 0 Å². The Morgan fingerprint density at radius 2 is 1.95 bits per heavy atom. The van der Waals surface area contributed by atoms with E-state index >= 15 is 0 Å². The van der Waals surface area contributed by atoms with E-state index in [0.29, 0.717) is 18.9 Å². The van der Waals surface area contributed by atoms with Crippen molar-refractivity contribution in [2.75, 3.05) is 7.05 Å². The van der Waals surface area contributed by atoms with Crippen LogP contribution in [-0.4, -0.2) is 29.0 Å². The molecule has 0 radical (unpaired) electrons. The van der Waals surface area contributed by atoms with Gasteiger partial charge in [0, 0.05) is 19.5 Å². The highest BCUT2D eigenvalue weighted by Crippen LogP contribution is 2.23. The van der Waals surface area contributed by atoms with Gasteiger partial charge >= 0.3 is 0 Å². The molecule has 1 N–H and O–H groups in total. The molecule has 1 fully saturated rings. The van der Waals surface area contributed by atoms with Crippen LogP contribution in [0.25, 0.3) is 0 Å². The van der Waals surface area contributed by atoms with Gasteiger partial charge in [-0.1, -0.05) is 37.5 Å². The van der Waals surface area contributed by atoms with Gasteiger partial charge in [0.25, 0.3) is 0 Å². The van der Waals surface area contributed by atoms with Crippen LogP contribution in [0.3, 0.4) is 0 Å². The van der Waals surface area contributed by atoms with Crippen molar-refractivity contribution in [3.05, 3.63) is 29.8 Å². The number of benzene rings is 1. The fraction of sp³-hybridized carbons (Fsp3) is 0.562. The molecule has 0 spiro atoms. The van der Waals surface area contributed by atoms with Crippen molar-refractivity contribution in [1.29, 1.82) is 0 Å². The van der Waals surface area contributed by atoms with Gasteiger partial charge in [-0.3, -0.25) is 4.79 Å². The summed E-state index contributed by atoms with van der Waals surface area (Å²) < 4.78 is 0. The fourth-order valence-electron chi connectivity index (χ4n) is 2.81. The minimum atomic E-state index is 0.190. The Balaban J connectivity index is 1.85. The lowest BCUT2D eigenvalue weighted by atomic mass is 9.94. The maximum atomic E-state index is 12.2. The van der Waals surface area contributed by atoms with Crippen LogP contribution in [0, 0.1) is 0 Å². The van der Waals surface area contributed by atoms with Crippen molar-refractivity contribution in [1.82, 2.24) is 4.90 Å². The first-order chi connectivity index (χ1) is 9.18. The quantitative estimate of drug-likeness (QED) is 0.904. The van der Waals surface area contributed by atoms with Gasteiger partial charge in [0.1, 0.15) is 5.75 Å². The van der Waals surface area contributed by atoms with Crippen LogP contribution in [0.1, 0.15) is 44.1 Å². The lowest BCUT2D eigenvalue weighted by Crippen LogP contribution is -2.38. The molecule has 0 aliphatic heterocycles. The van der Waals surface area contributed by atoms with E-state index in [9.17, 15) is 9.90 Å². The number of para-hydroxylation sites is 1. The van der Waals surface area contributed by atoms with Crippen molar-refractivity contribution in [2.45, 2.75) is 51.0 Å². The number of phenols is 1. The first-order valence-electron chi connectivity index (χ1n) is 7.21. The third kappa shape index (κ3) is 3.72. The molecule has 2 rings (SSSR count). The zero-order valence-corrected chi connectivity index (χ0v) is 11.6. The van der Waals surface area contributed by atoms with Crippen molar-refractivity contribution in [3.63, 3.8) is 0 Å². The highest BCUT2D eigenvalue weighted by Gasteiger charge is 2.21. The first-order valence-corrected chi connectivity index (χ1v) is 7.21. The normalized spacial score (nSPS) is 16.3. The molecule has 104 valence electrons. The van der Waals surface area contributed by atoms with E-state index in [-0.39, 0.29) is 11.7 Å². The summed E-state index contributed by atoms with van der Waals surface area (Å²) in [4.78, 5) is 14.1. The summed E-state index contributed by atoms with van der Waals surface area (Å²) in [5, 5.41) is 9.69. The van der Waals surface area contributed by atoms with Crippen LogP contribution in [-0.2, 0) is 11.2 Å². The maximum Gasteiger partial charge on any atom is 0.222 e. The number of hydrogen-bond acceptors (Lipinski definition) is 2. The molecule has 1 amide bonds. The number of aryl methyl sites for hydroxylation is 1. The second-order valence-electron chi connectivity index (χ2n) is 5.43. The van der Waals surface area contributed by atoms with E-state index in [1.807, 2.05) is 24.1 Å². The lowest BCUT2D eigenvalue weighted by molar-refractivity contribution is -0.132. The molecule has 19 heavy (non-hydrogen) atoms. The Hall–Kier alpha value is -1.51. The van der Waals surface area contributed by atoms with Crippen molar-refractivity contribution in [3.8, 4) is 5.75 Å². The zero-order chi connectivity index (χ0) is 13.7. The summed E-state index contributed by atoms with van der Waals surface area (Å²) in [6.45, 7) is 0. The van der Waals surface area contributed by atoms with Crippen molar-refractivity contribution >= 4 is 5.91 Å². The van der Waals surface area contributed by atoms with Gasteiger partial charge in [-0.2, -0.15) is 0 Å². The number of hydrogen-bond donors (Lipinski definition) is 1. The Kier molecular flexibility index (Phi) is 4.83. The number of aromatic hydroxyl groups is 1. The van der Waals surface area contributed by atoms with Crippen molar-refractivity contribution < 1.29 is 9.90 Å². The molecule has 1 aliphatic carbocycles. The zero-order valence-electron chi connectivity index (χ0n) is 11.6. The Morgan fingerprint density at radius 1 is 1.26 bits per heavy atom. The molecule has 1 aliphatic rings. The molecule has 0 aromatic heterocycles. The molecular formula is C16H23NO2. The number of phenolic OH excluding ortho intramolecular Hbond substituents is 1. The van der Waals surface area contributed by atoms with Crippen LogP contribution in [0.15, 0.2) is 24.3 Å². The molecule has 3 heteroatoms. The minimum Gasteiger partial charge on any atom is -0.508 e.